The minimum absolute atomic E-state index is 0.0543. The molecule has 3 unspecified atom stereocenters. The van der Waals surface area contributed by atoms with E-state index in [1.807, 2.05) is 0 Å². The highest BCUT2D eigenvalue weighted by Crippen LogP contribution is 2.25. The van der Waals surface area contributed by atoms with Gasteiger partial charge in [0.05, 0.1) is 0 Å². The van der Waals surface area contributed by atoms with Gasteiger partial charge in [-0.25, -0.2) is 0 Å². The Morgan fingerprint density at radius 1 is 0.388 bits per heavy atom. The summed E-state index contributed by atoms with van der Waals surface area (Å²) in [7, 11) is 0. The van der Waals surface area contributed by atoms with E-state index < -0.39 is 35.2 Å². The Morgan fingerprint density at radius 2 is 0.653 bits per heavy atom. The van der Waals surface area contributed by atoms with Gasteiger partial charge in [0.2, 0.25) is 5.60 Å². The van der Waals surface area contributed by atoms with Crippen LogP contribution in [0.2, 0.25) is 0 Å². The number of hydrogen-bond donors (Lipinski definition) is 3. The van der Waals surface area contributed by atoms with E-state index in [1.54, 1.807) is 6.92 Å². The fourth-order valence-corrected chi connectivity index (χ4v) is 6.97. The van der Waals surface area contributed by atoms with Gasteiger partial charge in [-0.05, 0) is 19.3 Å². The van der Waals surface area contributed by atoms with Crippen molar-refractivity contribution in [1.82, 2.24) is 0 Å². The van der Waals surface area contributed by atoms with Crippen LogP contribution in [0.3, 0.4) is 0 Å². The Hall–Kier alpha value is -1.11. The number of aliphatic hydroxyl groups is 3. The number of hydrogen-bond acceptors (Lipinski definition) is 6. The number of carbonyl (C=O) groups excluding carboxylic acids is 3. The fraction of sp³-hybridized carbons (Fsp3) is 0.930. The third kappa shape index (κ3) is 24.7. The van der Waals surface area contributed by atoms with Crippen molar-refractivity contribution in [2.75, 3.05) is 0 Å². The number of unbranched alkanes of at least 4 members (excludes halogenated alkanes) is 28. The number of carbonyl (C=O) groups is 3. The molecule has 0 heterocycles. The van der Waals surface area contributed by atoms with Crippen LogP contribution in [0.25, 0.3) is 0 Å². The summed E-state index contributed by atoms with van der Waals surface area (Å²) < 4.78 is 0. The molecule has 3 N–H and O–H groups in total. The van der Waals surface area contributed by atoms with Gasteiger partial charge in [0.15, 0.2) is 17.3 Å². The Labute approximate surface area is 303 Å². The molecule has 0 aliphatic carbocycles. The second-order valence-corrected chi connectivity index (χ2v) is 15.1. The lowest BCUT2D eigenvalue weighted by Gasteiger charge is -2.32. The topological polar surface area (TPSA) is 112 Å². The van der Waals surface area contributed by atoms with Crippen molar-refractivity contribution in [3.8, 4) is 0 Å². The predicted molar refractivity (Wildman–Crippen MR) is 206 cm³/mol. The number of rotatable bonds is 39. The van der Waals surface area contributed by atoms with Crippen molar-refractivity contribution in [2.24, 2.45) is 0 Å². The van der Waals surface area contributed by atoms with Crippen molar-refractivity contribution in [2.45, 2.75) is 257 Å². The average molecular weight is 695 g/mol. The second kappa shape index (κ2) is 34.0. The number of aliphatic hydroxyl groups excluding tert-OH is 2. The molecule has 0 aliphatic rings. The molecule has 0 aromatic carbocycles. The van der Waals surface area contributed by atoms with E-state index in [4.69, 9.17) is 0 Å². The number of ketones is 3. The molecule has 0 saturated heterocycles. The van der Waals surface area contributed by atoms with Crippen molar-refractivity contribution in [3.63, 3.8) is 0 Å². The number of Topliss-reactive ketones (excluding diaryl/α,β-unsaturated/α-hetero) is 3. The SMILES string of the molecule is CCCCCCCCCCCCCCCCCC(=O)C(O)C(O)C(O)(C(=O)CCC)C(=O)CCCCCCCCCCCCCCCCC. The van der Waals surface area contributed by atoms with Crippen LogP contribution in [0.15, 0.2) is 0 Å². The Kier molecular flexibility index (Phi) is 33.2. The second-order valence-electron chi connectivity index (χ2n) is 15.1. The first-order valence-corrected chi connectivity index (χ1v) is 21.4. The molecule has 6 nitrogen and oxygen atoms in total. The van der Waals surface area contributed by atoms with Crippen molar-refractivity contribution >= 4 is 17.3 Å². The first kappa shape index (κ1) is 47.9. The highest BCUT2D eigenvalue weighted by molar-refractivity contribution is 6.11. The van der Waals surface area contributed by atoms with Crippen LogP contribution < -0.4 is 0 Å². The maximum absolute atomic E-state index is 13.1. The van der Waals surface area contributed by atoms with Gasteiger partial charge >= 0.3 is 0 Å². The van der Waals surface area contributed by atoms with E-state index >= 15 is 0 Å². The van der Waals surface area contributed by atoms with Crippen molar-refractivity contribution in [3.05, 3.63) is 0 Å². The summed E-state index contributed by atoms with van der Waals surface area (Å²) in [6, 6.07) is 0. The zero-order valence-electron chi connectivity index (χ0n) is 32.8. The molecule has 0 amide bonds. The molecule has 0 spiro atoms. The first-order valence-electron chi connectivity index (χ1n) is 21.4. The molecule has 0 aromatic rings. The largest absolute Gasteiger partial charge is 0.386 e. The minimum atomic E-state index is -2.74. The monoisotopic (exact) mass is 695 g/mol. The third-order valence-electron chi connectivity index (χ3n) is 10.4. The van der Waals surface area contributed by atoms with Crippen molar-refractivity contribution in [1.29, 1.82) is 0 Å². The molecule has 0 bridgehead atoms. The zero-order valence-corrected chi connectivity index (χ0v) is 32.8. The summed E-state index contributed by atoms with van der Waals surface area (Å²) in [5.41, 5.74) is -2.74. The van der Waals surface area contributed by atoms with Crippen LogP contribution >= 0.6 is 0 Å². The van der Waals surface area contributed by atoms with Gasteiger partial charge in [-0.15, -0.1) is 0 Å². The van der Waals surface area contributed by atoms with Gasteiger partial charge in [-0.1, -0.05) is 201 Å². The highest BCUT2D eigenvalue weighted by atomic mass is 16.4. The Morgan fingerprint density at radius 3 is 0.959 bits per heavy atom. The highest BCUT2D eigenvalue weighted by Gasteiger charge is 2.52. The van der Waals surface area contributed by atoms with Gasteiger partial charge in [0.1, 0.15) is 12.2 Å². The lowest BCUT2D eigenvalue weighted by atomic mass is 9.79. The molecule has 0 aromatic heterocycles. The van der Waals surface area contributed by atoms with Crippen molar-refractivity contribution < 1.29 is 29.7 Å². The molecule has 0 aliphatic heterocycles. The van der Waals surface area contributed by atoms with E-state index in [1.165, 1.54) is 141 Å². The summed E-state index contributed by atoms with van der Waals surface area (Å²) in [5.74, 6) is -2.22. The predicted octanol–water partition coefficient (Wildman–Crippen LogP) is 11.5. The first-order chi connectivity index (χ1) is 23.8. The minimum Gasteiger partial charge on any atom is -0.386 e. The van der Waals surface area contributed by atoms with Gasteiger partial charge in [-0.2, -0.15) is 0 Å². The maximum atomic E-state index is 13.1. The van der Waals surface area contributed by atoms with E-state index in [-0.39, 0.29) is 19.3 Å². The van der Waals surface area contributed by atoms with Crippen LogP contribution in [0.5, 0.6) is 0 Å². The van der Waals surface area contributed by atoms with Gasteiger partial charge in [0, 0.05) is 19.3 Å². The summed E-state index contributed by atoms with van der Waals surface area (Å²) >= 11 is 0. The molecule has 0 fully saturated rings. The molecule has 290 valence electrons. The summed E-state index contributed by atoms with van der Waals surface area (Å²) in [4.78, 5) is 38.8. The molecule has 0 rings (SSSR count). The van der Waals surface area contributed by atoms with Crippen LogP contribution in [-0.2, 0) is 14.4 Å². The smallest absolute Gasteiger partial charge is 0.210 e. The van der Waals surface area contributed by atoms with Gasteiger partial charge in [0.25, 0.3) is 0 Å². The van der Waals surface area contributed by atoms with Crippen LogP contribution in [0.1, 0.15) is 239 Å². The molecular weight excluding hydrogens is 612 g/mol. The van der Waals surface area contributed by atoms with Crippen LogP contribution in [-0.4, -0.2) is 50.5 Å². The quantitative estimate of drug-likeness (QED) is 0.0436. The molecule has 0 saturated carbocycles. The molecule has 3 atom stereocenters. The van der Waals surface area contributed by atoms with E-state index in [9.17, 15) is 29.7 Å². The third-order valence-corrected chi connectivity index (χ3v) is 10.4. The molecular formula is C43H82O6. The summed E-state index contributed by atoms with van der Waals surface area (Å²) in [6.07, 6.45) is 32.1. The normalized spacial score (nSPS) is 14.1. The molecule has 0 radical (unpaired) electrons. The average Bonchev–Trinajstić information content (AvgIpc) is 3.10. The Bertz CT molecular complexity index is 782. The summed E-state index contributed by atoms with van der Waals surface area (Å²) in [5, 5.41) is 32.7. The molecule has 49 heavy (non-hydrogen) atoms. The Balaban J connectivity index is 4.25. The molecule has 6 heteroatoms. The fourth-order valence-electron chi connectivity index (χ4n) is 6.97. The van der Waals surface area contributed by atoms with E-state index in [0.29, 0.717) is 19.3 Å². The van der Waals surface area contributed by atoms with E-state index in [2.05, 4.69) is 13.8 Å². The lowest BCUT2D eigenvalue weighted by Crippen LogP contribution is -2.61. The lowest BCUT2D eigenvalue weighted by molar-refractivity contribution is -0.174. The van der Waals surface area contributed by atoms with Gasteiger partial charge < -0.3 is 15.3 Å². The van der Waals surface area contributed by atoms with Gasteiger partial charge in [-0.3, -0.25) is 14.4 Å². The van der Waals surface area contributed by atoms with E-state index in [0.717, 1.165) is 38.5 Å². The zero-order chi connectivity index (χ0) is 36.4. The standard InChI is InChI=1S/C43H82O6/c1-4-7-9-11-13-15-17-19-21-23-25-27-29-31-33-36-38(44)41(47)42(48)43(49,39(45)35-6-3)40(46)37-34-32-30-28-26-24-22-20-18-16-14-12-10-8-5-2/h41-42,47-49H,4-37H2,1-3H3. The summed E-state index contributed by atoms with van der Waals surface area (Å²) in [6.45, 7) is 6.26. The van der Waals surface area contributed by atoms with Crippen LogP contribution in [0, 0.1) is 0 Å². The maximum Gasteiger partial charge on any atom is 0.210 e. The van der Waals surface area contributed by atoms with Crippen LogP contribution in [0.4, 0.5) is 0 Å².